The average molecular weight is 303 g/mol. The molecule has 0 aliphatic carbocycles. The Labute approximate surface area is 130 Å². The summed E-state index contributed by atoms with van der Waals surface area (Å²) >= 11 is 6.00. The van der Waals surface area contributed by atoms with Crippen LogP contribution in [-0.2, 0) is 6.54 Å². The molecule has 2 aromatic carbocycles. The third-order valence-corrected chi connectivity index (χ3v) is 3.59. The molecule has 1 amide bonds. The van der Waals surface area contributed by atoms with Gasteiger partial charge in [-0.05, 0) is 36.8 Å². The van der Waals surface area contributed by atoms with Gasteiger partial charge in [-0.15, -0.1) is 0 Å². The number of hydrogen-bond donors (Lipinski definition) is 1. The number of hydrogen-bond acceptors (Lipinski definition) is 2. The van der Waals surface area contributed by atoms with Crippen molar-refractivity contribution in [1.82, 2.24) is 4.90 Å². The fourth-order valence-electron chi connectivity index (χ4n) is 2.24. The van der Waals surface area contributed by atoms with Gasteiger partial charge < -0.3 is 10.2 Å². The minimum Gasteiger partial charge on any atom is -0.387 e. The van der Waals surface area contributed by atoms with E-state index in [1.54, 1.807) is 0 Å². The van der Waals surface area contributed by atoms with E-state index in [-0.39, 0.29) is 5.91 Å². The Morgan fingerprint density at radius 2 is 1.95 bits per heavy atom. The summed E-state index contributed by atoms with van der Waals surface area (Å²) in [5, 5.41) is 3.75. The monoisotopic (exact) mass is 302 g/mol. The average Bonchev–Trinajstić information content (AvgIpc) is 2.52. The number of carbonyl (C=O) groups excluding carboxylic acids is 1. The van der Waals surface area contributed by atoms with Crippen molar-refractivity contribution >= 4 is 23.2 Å². The molecule has 0 radical (unpaired) electrons. The number of benzene rings is 2. The van der Waals surface area contributed by atoms with Gasteiger partial charge in [0.05, 0.1) is 5.56 Å². The number of nitrogens with one attached hydrogen (secondary N) is 1. The van der Waals surface area contributed by atoms with Gasteiger partial charge in [0.15, 0.2) is 0 Å². The Balaban J connectivity index is 2.22. The van der Waals surface area contributed by atoms with Crippen LogP contribution in [0.5, 0.6) is 0 Å². The van der Waals surface area contributed by atoms with Crippen LogP contribution in [0.2, 0.25) is 5.02 Å². The molecule has 0 spiro atoms. The lowest BCUT2D eigenvalue weighted by molar-refractivity contribution is 0.0753. The summed E-state index contributed by atoms with van der Waals surface area (Å²) < 4.78 is 0. The molecule has 0 aliphatic heterocycles. The summed E-state index contributed by atoms with van der Waals surface area (Å²) in [4.78, 5) is 14.5. The molecule has 0 unspecified atom stereocenters. The second-order valence-electron chi connectivity index (χ2n) is 4.74. The molecule has 0 bridgehead atoms. The topological polar surface area (TPSA) is 32.3 Å². The zero-order valence-electron chi connectivity index (χ0n) is 12.3. The quantitative estimate of drug-likeness (QED) is 0.904. The van der Waals surface area contributed by atoms with Crippen LogP contribution in [0, 0.1) is 0 Å². The van der Waals surface area contributed by atoms with E-state index in [9.17, 15) is 4.79 Å². The fourth-order valence-corrected chi connectivity index (χ4v) is 2.45. The van der Waals surface area contributed by atoms with Gasteiger partial charge in [-0.25, -0.2) is 0 Å². The number of carbonyl (C=O) groups is 1. The molecule has 0 heterocycles. The smallest absolute Gasteiger partial charge is 0.256 e. The van der Waals surface area contributed by atoms with E-state index in [1.165, 1.54) is 0 Å². The minimum atomic E-state index is 0.0161. The Morgan fingerprint density at radius 3 is 2.62 bits per heavy atom. The molecular weight excluding hydrogens is 284 g/mol. The van der Waals surface area contributed by atoms with Gasteiger partial charge in [0.2, 0.25) is 0 Å². The Bertz CT molecular complexity index is 628. The van der Waals surface area contributed by atoms with Crippen molar-refractivity contribution in [2.45, 2.75) is 13.5 Å². The molecule has 1 N–H and O–H groups in total. The van der Waals surface area contributed by atoms with Crippen LogP contribution >= 0.6 is 11.6 Å². The number of nitrogens with zero attached hydrogens (tertiary/aromatic N) is 1. The van der Waals surface area contributed by atoms with Crippen molar-refractivity contribution in [1.29, 1.82) is 0 Å². The molecule has 0 atom stereocenters. The summed E-state index contributed by atoms with van der Waals surface area (Å²) in [6, 6.07) is 15.1. The lowest BCUT2D eigenvalue weighted by Crippen LogP contribution is -2.30. The van der Waals surface area contributed by atoms with Crippen LogP contribution in [0.4, 0.5) is 5.69 Å². The van der Waals surface area contributed by atoms with Crippen LogP contribution < -0.4 is 5.32 Å². The second-order valence-corrected chi connectivity index (χ2v) is 5.18. The standard InChI is InChI=1S/C17H19ClN2O/c1-3-20(12-13-7-6-8-14(18)11-13)17(21)15-9-4-5-10-16(15)19-2/h4-11,19H,3,12H2,1-2H3. The van der Waals surface area contributed by atoms with E-state index < -0.39 is 0 Å². The minimum absolute atomic E-state index is 0.0161. The van der Waals surface area contributed by atoms with E-state index in [4.69, 9.17) is 11.6 Å². The summed E-state index contributed by atoms with van der Waals surface area (Å²) in [7, 11) is 1.82. The number of anilines is 1. The molecule has 21 heavy (non-hydrogen) atoms. The molecule has 2 aromatic rings. The summed E-state index contributed by atoms with van der Waals surface area (Å²) in [5.41, 5.74) is 2.55. The molecule has 2 rings (SSSR count). The van der Waals surface area contributed by atoms with E-state index in [0.29, 0.717) is 23.7 Å². The lowest BCUT2D eigenvalue weighted by atomic mass is 10.1. The van der Waals surface area contributed by atoms with Crippen molar-refractivity contribution in [3.63, 3.8) is 0 Å². The first-order chi connectivity index (χ1) is 10.2. The molecular formula is C17H19ClN2O. The maximum atomic E-state index is 12.7. The largest absolute Gasteiger partial charge is 0.387 e. The van der Waals surface area contributed by atoms with Crippen LogP contribution in [0.3, 0.4) is 0 Å². The van der Waals surface area contributed by atoms with Gasteiger partial charge in [0.1, 0.15) is 0 Å². The number of amides is 1. The highest BCUT2D eigenvalue weighted by Gasteiger charge is 2.17. The van der Waals surface area contributed by atoms with Crippen LogP contribution in [0.1, 0.15) is 22.8 Å². The number of rotatable bonds is 5. The predicted molar refractivity (Wildman–Crippen MR) is 87.9 cm³/mol. The Morgan fingerprint density at radius 1 is 1.19 bits per heavy atom. The van der Waals surface area contributed by atoms with Crippen LogP contribution in [0.15, 0.2) is 48.5 Å². The van der Waals surface area contributed by atoms with Crippen LogP contribution in [-0.4, -0.2) is 24.4 Å². The normalized spacial score (nSPS) is 10.2. The number of para-hydroxylation sites is 1. The molecule has 0 aromatic heterocycles. The van der Waals surface area contributed by atoms with E-state index in [0.717, 1.165) is 11.3 Å². The highest BCUT2D eigenvalue weighted by atomic mass is 35.5. The van der Waals surface area contributed by atoms with E-state index >= 15 is 0 Å². The maximum Gasteiger partial charge on any atom is 0.256 e. The van der Waals surface area contributed by atoms with E-state index in [2.05, 4.69) is 5.32 Å². The van der Waals surface area contributed by atoms with Crippen molar-refractivity contribution in [2.75, 3.05) is 18.9 Å². The first kappa shape index (κ1) is 15.4. The third-order valence-electron chi connectivity index (χ3n) is 3.36. The summed E-state index contributed by atoms with van der Waals surface area (Å²) in [6.45, 7) is 3.17. The third kappa shape index (κ3) is 3.76. The first-order valence-corrected chi connectivity index (χ1v) is 7.34. The van der Waals surface area contributed by atoms with E-state index in [1.807, 2.05) is 67.4 Å². The molecule has 110 valence electrons. The van der Waals surface area contributed by atoms with Crippen LogP contribution in [0.25, 0.3) is 0 Å². The zero-order chi connectivity index (χ0) is 15.2. The molecule has 0 saturated carbocycles. The molecule has 0 saturated heterocycles. The van der Waals surface area contributed by atoms with Gasteiger partial charge in [0.25, 0.3) is 5.91 Å². The fraction of sp³-hybridized carbons (Fsp3) is 0.235. The maximum absolute atomic E-state index is 12.7. The van der Waals surface area contributed by atoms with Gasteiger partial charge in [-0.3, -0.25) is 4.79 Å². The molecule has 0 fully saturated rings. The Kier molecular flexibility index (Phi) is 5.23. The molecule has 4 heteroatoms. The highest BCUT2D eigenvalue weighted by molar-refractivity contribution is 6.30. The lowest BCUT2D eigenvalue weighted by Gasteiger charge is -2.22. The van der Waals surface area contributed by atoms with Gasteiger partial charge in [-0.2, -0.15) is 0 Å². The first-order valence-electron chi connectivity index (χ1n) is 6.96. The van der Waals surface area contributed by atoms with Gasteiger partial charge in [-0.1, -0.05) is 35.9 Å². The van der Waals surface area contributed by atoms with Crippen molar-refractivity contribution in [3.05, 3.63) is 64.7 Å². The highest BCUT2D eigenvalue weighted by Crippen LogP contribution is 2.19. The van der Waals surface area contributed by atoms with Crippen molar-refractivity contribution in [2.24, 2.45) is 0 Å². The number of halogens is 1. The van der Waals surface area contributed by atoms with Gasteiger partial charge >= 0.3 is 0 Å². The Hall–Kier alpha value is -2.00. The second kappa shape index (κ2) is 7.14. The molecule has 0 aliphatic rings. The van der Waals surface area contributed by atoms with Crippen molar-refractivity contribution in [3.8, 4) is 0 Å². The zero-order valence-corrected chi connectivity index (χ0v) is 13.0. The SMILES string of the molecule is CCN(Cc1cccc(Cl)c1)C(=O)c1ccccc1NC. The molecule has 3 nitrogen and oxygen atoms in total. The summed E-state index contributed by atoms with van der Waals surface area (Å²) in [5.74, 6) is 0.0161. The summed E-state index contributed by atoms with van der Waals surface area (Å²) in [6.07, 6.45) is 0. The van der Waals surface area contributed by atoms with Crippen molar-refractivity contribution < 1.29 is 4.79 Å². The predicted octanol–water partition coefficient (Wildman–Crippen LogP) is 4.04. The van der Waals surface area contributed by atoms with Gasteiger partial charge in [0, 0.05) is 30.8 Å².